The molecular formula is C17H24ClFN2O2. The first kappa shape index (κ1) is 19.6. The molecule has 1 heterocycles. The van der Waals surface area contributed by atoms with Crippen LogP contribution >= 0.6 is 12.4 Å². The number of carbonyl (C=O) groups excluding carboxylic acids is 2. The Kier molecular flexibility index (Phi) is 7.65. The number of nitrogens with one attached hydrogen (secondary N) is 2. The molecule has 128 valence electrons. The zero-order valence-electron chi connectivity index (χ0n) is 13.5. The number of hydrogen-bond donors (Lipinski definition) is 2. The highest BCUT2D eigenvalue weighted by Gasteiger charge is 2.25. The molecule has 0 saturated carbocycles. The molecule has 2 rings (SSSR count). The summed E-state index contributed by atoms with van der Waals surface area (Å²) in [4.78, 5) is 24.3. The summed E-state index contributed by atoms with van der Waals surface area (Å²) in [5, 5.41) is 6.29. The smallest absolute Gasteiger partial charge is 0.220 e. The highest BCUT2D eigenvalue weighted by molar-refractivity contribution is 5.99. The van der Waals surface area contributed by atoms with E-state index < -0.39 is 11.7 Å². The van der Waals surface area contributed by atoms with Crippen LogP contribution in [0.3, 0.4) is 0 Å². The van der Waals surface area contributed by atoms with Crippen molar-refractivity contribution in [1.29, 1.82) is 0 Å². The van der Waals surface area contributed by atoms with Crippen molar-refractivity contribution in [1.82, 2.24) is 10.6 Å². The van der Waals surface area contributed by atoms with Gasteiger partial charge in [0.05, 0.1) is 0 Å². The van der Waals surface area contributed by atoms with Gasteiger partial charge in [-0.25, -0.2) is 4.39 Å². The van der Waals surface area contributed by atoms with E-state index in [4.69, 9.17) is 0 Å². The minimum absolute atomic E-state index is 0. The van der Waals surface area contributed by atoms with Crippen molar-refractivity contribution in [3.63, 3.8) is 0 Å². The predicted molar refractivity (Wildman–Crippen MR) is 90.3 cm³/mol. The largest absolute Gasteiger partial charge is 0.353 e. The van der Waals surface area contributed by atoms with E-state index in [1.807, 2.05) is 0 Å². The van der Waals surface area contributed by atoms with Crippen molar-refractivity contribution in [2.75, 3.05) is 13.1 Å². The average molecular weight is 343 g/mol. The van der Waals surface area contributed by atoms with Crippen LogP contribution in [-0.2, 0) is 4.79 Å². The van der Waals surface area contributed by atoms with E-state index in [1.54, 1.807) is 13.0 Å². The van der Waals surface area contributed by atoms with Crippen LogP contribution in [0.15, 0.2) is 24.3 Å². The molecule has 1 saturated heterocycles. The molecule has 3 unspecified atom stereocenters. The fourth-order valence-corrected chi connectivity index (χ4v) is 2.79. The standard InChI is InChI=1S/C17H23FN2O2.ClH/c1-11(17(22)13-4-3-5-14(18)9-13)8-16(21)20-15-6-7-19-10-12(15)2;/h3-5,9,11-12,15,19H,6-8,10H2,1-2H3,(H,20,21);1H. The summed E-state index contributed by atoms with van der Waals surface area (Å²) >= 11 is 0. The highest BCUT2D eigenvalue weighted by Crippen LogP contribution is 2.15. The summed E-state index contributed by atoms with van der Waals surface area (Å²) < 4.78 is 13.2. The lowest BCUT2D eigenvalue weighted by Crippen LogP contribution is -2.48. The van der Waals surface area contributed by atoms with Crippen molar-refractivity contribution in [2.24, 2.45) is 11.8 Å². The third kappa shape index (κ3) is 5.59. The van der Waals surface area contributed by atoms with Gasteiger partial charge in [0.25, 0.3) is 0 Å². The maximum Gasteiger partial charge on any atom is 0.220 e. The lowest BCUT2D eigenvalue weighted by molar-refractivity contribution is -0.122. The van der Waals surface area contributed by atoms with Gasteiger partial charge in [0.15, 0.2) is 5.78 Å². The number of ketones is 1. The lowest BCUT2D eigenvalue weighted by Gasteiger charge is -2.30. The monoisotopic (exact) mass is 342 g/mol. The number of hydrogen-bond acceptors (Lipinski definition) is 3. The van der Waals surface area contributed by atoms with Gasteiger partial charge in [-0.1, -0.05) is 26.0 Å². The van der Waals surface area contributed by atoms with Gasteiger partial charge in [-0.2, -0.15) is 0 Å². The summed E-state index contributed by atoms with van der Waals surface area (Å²) in [5.41, 5.74) is 0.315. The van der Waals surface area contributed by atoms with Crippen LogP contribution in [-0.4, -0.2) is 30.8 Å². The Morgan fingerprint density at radius 2 is 2.17 bits per heavy atom. The van der Waals surface area contributed by atoms with Gasteiger partial charge >= 0.3 is 0 Å². The lowest BCUT2D eigenvalue weighted by atomic mass is 9.93. The summed E-state index contributed by atoms with van der Waals surface area (Å²) in [6, 6.07) is 5.75. The molecule has 1 aromatic carbocycles. The molecule has 0 aliphatic carbocycles. The van der Waals surface area contributed by atoms with Crippen molar-refractivity contribution in [3.05, 3.63) is 35.6 Å². The normalized spacial score (nSPS) is 21.9. The first-order valence-corrected chi connectivity index (χ1v) is 7.77. The van der Waals surface area contributed by atoms with Crippen LogP contribution in [0, 0.1) is 17.7 Å². The quantitative estimate of drug-likeness (QED) is 0.809. The van der Waals surface area contributed by atoms with Gasteiger partial charge in [0, 0.05) is 23.9 Å². The molecule has 1 aliphatic rings. The summed E-state index contributed by atoms with van der Waals surface area (Å²) in [7, 11) is 0. The van der Waals surface area contributed by atoms with Gasteiger partial charge in [0.2, 0.25) is 5.91 Å². The second-order valence-corrected chi connectivity index (χ2v) is 6.12. The number of benzene rings is 1. The van der Waals surface area contributed by atoms with E-state index in [2.05, 4.69) is 17.6 Å². The number of Topliss-reactive ketones (excluding diaryl/α,β-unsaturated/α-hetero) is 1. The molecule has 6 heteroatoms. The third-order valence-electron chi connectivity index (χ3n) is 4.18. The van der Waals surface area contributed by atoms with E-state index in [9.17, 15) is 14.0 Å². The van der Waals surface area contributed by atoms with Gasteiger partial charge in [-0.3, -0.25) is 9.59 Å². The Balaban J connectivity index is 0.00000264. The maximum atomic E-state index is 13.2. The number of carbonyl (C=O) groups is 2. The van der Waals surface area contributed by atoms with Gasteiger partial charge < -0.3 is 10.6 Å². The number of rotatable bonds is 5. The molecule has 3 atom stereocenters. The molecular weight excluding hydrogens is 319 g/mol. The fourth-order valence-electron chi connectivity index (χ4n) is 2.79. The van der Waals surface area contributed by atoms with Crippen LogP contribution in [0.1, 0.15) is 37.0 Å². The fraction of sp³-hybridized carbons (Fsp3) is 0.529. The summed E-state index contributed by atoms with van der Waals surface area (Å²) in [6.07, 6.45) is 1.03. The number of amides is 1. The topological polar surface area (TPSA) is 58.2 Å². The van der Waals surface area contributed by atoms with Crippen LogP contribution in [0.5, 0.6) is 0 Å². The van der Waals surface area contributed by atoms with Gasteiger partial charge in [-0.15, -0.1) is 12.4 Å². The number of piperidine rings is 1. The van der Waals surface area contributed by atoms with Crippen molar-refractivity contribution >= 4 is 24.1 Å². The van der Waals surface area contributed by atoms with E-state index in [0.29, 0.717) is 11.5 Å². The Morgan fingerprint density at radius 1 is 1.43 bits per heavy atom. The molecule has 0 spiro atoms. The second kappa shape index (κ2) is 8.99. The third-order valence-corrected chi connectivity index (χ3v) is 4.18. The molecule has 1 aromatic rings. The van der Waals surface area contributed by atoms with Crippen molar-refractivity contribution < 1.29 is 14.0 Å². The molecule has 1 aliphatic heterocycles. The van der Waals surface area contributed by atoms with Crippen LogP contribution in [0.4, 0.5) is 4.39 Å². The van der Waals surface area contributed by atoms with Gasteiger partial charge in [-0.05, 0) is 37.6 Å². The molecule has 0 bridgehead atoms. The molecule has 4 nitrogen and oxygen atoms in total. The van der Waals surface area contributed by atoms with E-state index in [0.717, 1.165) is 19.5 Å². The zero-order valence-corrected chi connectivity index (χ0v) is 14.3. The predicted octanol–water partition coefficient (Wildman–Crippen LogP) is 2.57. The minimum Gasteiger partial charge on any atom is -0.353 e. The van der Waals surface area contributed by atoms with Crippen LogP contribution in [0.2, 0.25) is 0 Å². The van der Waals surface area contributed by atoms with Gasteiger partial charge in [0.1, 0.15) is 5.82 Å². The SMILES string of the molecule is CC(CC(=O)NC1CCNCC1C)C(=O)c1cccc(F)c1.Cl. The first-order valence-electron chi connectivity index (χ1n) is 7.77. The molecule has 2 N–H and O–H groups in total. The second-order valence-electron chi connectivity index (χ2n) is 6.12. The molecule has 23 heavy (non-hydrogen) atoms. The summed E-state index contributed by atoms with van der Waals surface area (Å²) in [5.74, 6) is -0.833. The van der Waals surface area contributed by atoms with Crippen molar-refractivity contribution in [2.45, 2.75) is 32.7 Å². The zero-order chi connectivity index (χ0) is 16.1. The average Bonchev–Trinajstić information content (AvgIpc) is 2.48. The molecule has 1 amide bonds. The molecule has 1 fully saturated rings. The molecule has 0 radical (unpaired) electrons. The molecule has 0 aromatic heterocycles. The Hall–Kier alpha value is -1.46. The maximum absolute atomic E-state index is 13.2. The van der Waals surface area contributed by atoms with Crippen molar-refractivity contribution in [3.8, 4) is 0 Å². The summed E-state index contributed by atoms with van der Waals surface area (Å²) in [6.45, 7) is 5.59. The Bertz CT molecular complexity index is 553. The highest BCUT2D eigenvalue weighted by atomic mass is 35.5. The number of halogens is 2. The Labute approximate surface area is 142 Å². The Morgan fingerprint density at radius 3 is 2.83 bits per heavy atom. The van der Waals surface area contributed by atoms with E-state index in [-0.39, 0.29) is 36.6 Å². The minimum atomic E-state index is -0.459. The van der Waals surface area contributed by atoms with E-state index >= 15 is 0 Å². The van der Waals surface area contributed by atoms with Crippen LogP contribution in [0.25, 0.3) is 0 Å². The van der Waals surface area contributed by atoms with Crippen LogP contribution < -0.4 is 10.6 Å². The van der Waals surface area contributed by atoms with E-state index in [1.165, 1.54) is 18.2 Å². The first-order chi connectivity index (χ1) is 10.5.